The van der Waals surface area contributed by atoms with Crippen LogP contribution in [0.5, 0.6) is 0 Å². The molecule has 1 aromatic heterocycles. The van der Waals surface area contributed by atoms with Crippen LogP contribution in [0.25, 0.3) is 0 Å². The fourth-order valence-electron chi connectivity index (χ4n) is 1.74. The van der Waals surface area contributed by atoms with E-state index in [1.54, 1.807) is 0 Å². The summed E-state index contributed by atoms with van der Waals surface area (Å²) >= 11 is 0. The van der Waals surface area contributed by atoms with E-state index in [1.807, 2.05) is 12.3 Å². The molecular weight excluding hydrogens is 208 g/mol. The van der Waals surface area contributed by atoms with Crippen LogP contribution < -0.4 is 5.32 Å². The van der Waals surface area contributed by atoms with Gasteiger partial charge in [-0.2, -0.15) is 0 Å². The normalized spacial score (nSPS) is 10.3. The molecule has 17 heavy (non-hydrogen) atoms. The number of anilines is 1. The van der Waals surface area contributed by atoms with Gasteiger partial charge in [-0.05, 0) is 55.7 Å². The summed E-state index contributed by atoms with van der Waals surface area (Å²) in [6, 6.07) is 10.5. The first-order valence-corrected chi connectivity index (χ1v) is 5.88. The lowest BCUT2D eigenvalue weighted by molar-refractivity contribution is 1.02. The molecule has 0 fully saturated rings. The van der Waals surface area contributed by atoms with Crippen molar-refractivity contribution in [1.82, 2.24) is 4.98 Å². The predicted molar refractivity (Wildman–Crippen MR) is 72.2 cm³/mol. The van der Waals surface area contributed by atoms with Crippen molar-refractivity contribution in [3.8, 4) is 0 Å². The SMILES string of the molecule is Cc1ccc(NCc2ncccc2C)cc1C. The van der Waals surface area contributed by atoms with Crippen LogP contribution in [0.15, 0.2) is 36.5 Å². The standard InChI is InChI=1S/C15H18N2/c1-11-6-7-14(9-13(11)3)17-10-15-12(2)5-4-8-16-15/h4-9,17H,10H2,1-3H3. The van der Waals surface area contributed by atoms with Crippen molar-refractivity contribution in [2.75, 3.05) is 5.32 Å². The number of pyridine rings is 1. The molecule has 0 aliphatic carbocycles. The van der Waals surface area contributed by atoms with E-state index in [0.717, 1.165) is 17.9 Å². The maximum atomic E-state index is 4.37. The molecule has 0 spiro atoms. The lowest BCUT2D eigenvalue weighted by Gasteiger charge is -2.09. The molecule has 0 radical (unpaired) electrons. The highest BCUT2D eigenvalue weighted by molar-refractivity contribution is 5.48. The minimum atomic E-state index is 0.773. The van der Waals surface area contributed by atoms with Crippen molar-refractivity contribution in [1.29, 1.82) is 0 Å². The van der Waals surface area contributed by atoms with Gasteiger partial charge in [0.05, 0.1) is 12.2 Å². The molecule has 0 aliphatic heterocycles. The first-order valence-electron chi connectivity index (χ1n) is 5.88. The Morgan fingerprint density at radius 3 is 2.53 bits per heavy atom. The number of aromatic nitrogens is 1. The summed E-state index contributed by atoms with van der Waals surface area (Å²) in [5.41, 5.74) is 6.12. The number of hydrogen-bond donors (Lipinski definition) is 1. The maximum Gasteiger partial charge on any atom is 0.0623 e. The second-order valence-electron chi connectivity index (χ2n) is 4.42. The van der Waals surface area contributed by atoms with Gasteiger partial charge >= 0.3 is 0 Å². The van der Waals surface area contributed by atoms with Crippen LogP contribution in [0.1, 0.15) is 22.4 Å². The number of benzene rings is 1. The highest BCUT2D eigenvalue weighted by Crippen LogP contribution is 2.15. The summed E-state index contributed by atoms with van der Waals surface area (Å²) in [7, 11) is 0. The molecule has 2 nitrogen and oxygen atoms in total. The third kappa shape index (κ3) is 2.84. The van der Waals surface area contributed by atoms with Crippen molar-refractivity contribution in [3.05, 3.63) is 58.9 Å². The molecule has 1 heterocycles. The van der Waals surface area contributed by atoms with Crippen LogP contribution >= 0.6 is 0 Å². The summed E-state index contributed by atoms with van der Waals surface area (Å²) < 4.78 is 0. The van der Waals surface area contributed by atoms with Crippen molar-refractivity contribution in [2.24, 2.45) is 0 Å². The molecular formula is C15H18N2. The largest absolute Gasteiger partial charge is 0.379 e. The second-order valence-corrected chi connectivity index (χ2v) is 4.42. The van der Waals surface area contributed by atoms with Gasteiger partial charge in [0.1, 0.15) is 0 Å². The summed E-state index contributed by atoms with van der Waals surface area (Å²) in [6.07, 6.45) is 1.84. The Labute approximate surface area is 103 Å². The number of hydrogen-bond acceptors (Lipinski definition) is 2. The summed E-state index contributed by atoms with van der Waals surface area (Å²) in [5, 5.41) is 3.41. The average Bonchev–Trinajstić information content (AvgIpc) is 2.32. The van der Waals surface area contributed by atoms with E-state index in [0.29, 0.717) is 0 Å². The van der Waals surface area contributed by atoms with Gasteiger partial charge in [-0.15, -0.1) is 0 Å². The van der Waals surface area contributed by atoms with Gasteiger partial charge in [-0.1, -0.05) is 12.1 Å². The van der Waals surface area contributed by atoms with E-state index in [1.165, 1.54) is 16.7 Å². The van der Waals surface area contributed by atoms with Gasteiger partial charge in [0.25, 0.3) is 0 Å². The van der Waals surface area contributed by atoms with Crippen LogP contribution in [-0.4, -0.2) is 4.98 Å². The van der Waals surface area contributed by atoms with E-state index >= 15 is 0 Å². The highest BCUT2D eigenvalue weighted by Gasteiger charge is 1.99. The van der Waals surface area contributed by atoms with E-state index < -0.39 is 0 Å². The van der Waals surface area contributed by atoms with Gasteiger partial charge in [0, 0.05) is 11.9 Å². The van der Waals surface area contributed by atoms with Crippen molar-refractivity contribution in [3.63, 3.8) is 0 Å². The van der Waals surface area contributed by atoms with Crippen LogP contribution in [0, 0.1) is 20.8 Å². The minimum absolute atomic E-state index is 0.773. The second kappa shape index (κ2) is 5.00. The van der Waals surface area contributed by atoms with Crippen LogP contribution in [0.4, 0.5) is 5.69 Å². The fraction of sp³-hybridized carbons (Fsp3) is 0.267. The third-order valence-corrected chi connectivity index (χ3v) is 3.08. The first kappa shape index (κ1) is 11.6. The summed E-state index contributed by atoms with van der Waals surface area (Å²) in [4.78, 5) is 4.37. The molecule has 0 unspecified atom stereocenters. The Hall–Kier alpha value is -1.83. The lowest BCUT2D eigenvalue weighted by atomic mass is 10.1. The van der Waals surface area contributed by atoms with Crippen molar-refractivity contribution in [2.45, 2.75) is 27.3 Å². The first-order chi connectivity index (χ1) is 8.16. The number of aryl methyl sites for hydroxylation is 3. The zero-order valence-electron chi connectivity index (χ0n) is 10.6. The molecule has 0 aliphatic rings. The Balaban J connectivity index is 2.08. The molecule has 2 heteroatoms. The Kier molecular flexibility index (Phi) is 3.43. The topological polar surface area (TPSA) is 24.9 Å². The lowest BCUT2D eigenvalue weighted by Crippen LogP contribution is -2.03. The quantitative estimate of drug-likeness (QED) is 0.864. The average molecular weight is 226 g/mol. The van der Waals surface area contributed by atoms with Gasteiger partial charge in [-0.3, -0.25) is 4.98 Å². The zero-order valence-corrected chi connectivity index (χ0v) is 10.6. The molecule has 88 valence electrons. The maximum absolute atomic E-state index is 4.37. The molecule has 1 N–H and O–H groups in total. The summed E-state index contributed by atoms with van der Waals surface area (Å²) in [5.74, 6) is 0. The molecule has 0 amide bonds. The fourth-order valence-corrected chi connectivity index (χ4v) is 1.74. The predicted octanol–water partition coefficient (Wildman–Crippen LogP) is 3.62. The third-order valence-electron chi connectivity index (χ3n) is 3.08. The molecule has 0 saturated carbocycles. The van der Waals surface area contributed by atoms with Gasteiger partial charge in [0.2, 0.25) is 0 Å². The molecule has 0 atom stereocenters. The molecule has 0 saturated heterocycles. The Morgan fingerprint density at radius 2 is 1.82 bits per heavy atom. The van der Waals surface area contributed by atoms with Gasteiger partial charge in [0.15, 0.2) is 0 Å². The number of nitrogens with one attached hydrogen (secondary N) is 1. The van der Waals surface area contributed by atoms with Crippen molar-refractivity contribution < 1.29 is 0 Å². The highest BCUT2D eigenvalue weighted by atomic mass is 14.9. The summed E-state index contributed by atoms with van der Waals surface area (Å²) in [6.45, 7) is 7.12. The molecule has 2 rings (SSSR count). The Bertz CT molecular complexity index is 518. The van der Waals surface area contributed by atoms with Crippen LogP contribution in [0.3, 0.4) is 0 Å². The molecule has 0 bridgehead atoms. The zero-order chi connectivity index (χ0) is 12.3. The van der Waals surface area contributed by atoms with Crippen LogP contribution in [0.2, 0.25) is 0 Å². The Morgan fingerprint density at radius 1 is 1.00 bits per heavy atom. The van der Waals surface area contributed by atoms with Crippen molar-refractivity contribution >= 4 is 5.69 Å². The van der Waals surface area contributed by atoms with Gasteiger partial charge in [-0.25, -0.2) is 0 Å². The van der Waals surface area contributed by atoms with E-state index in [4.69, 9.17) is 0 Å². The minimum Gasteiger partial charge on any atom is -0.379 e. The smallest absolute Gasteiger partial charge is 0.0623 e. The van der Waals surface area contributed by atoms with E-state index in [9.17, 15) is 0 Å². The number of rotatable bonds is 3. The monoisotopic (exact) mass is 226 g/mol. The number of nitrogens with zero attached hydrogens (tertiary/aromatic N) is 1. The molecule has 1 aromatic carbocycles. The van der Waals surface area contributed by atoms with E-state index in [-0.39, 0.29) is 0 Å². The van der Waals surface area contributed by atoms with Gasteiger partial charge < -0.3 is 5.32 Å². The molecule has 2 aromatic rings. The van der Waals surface area contributed by atoms with E-state index in [2.05, 4.69) is 55.3 Å². The van der Waals surface area contributed by atoms with Crippen LogP contribution in [-0.2, 0) is 6.54 Å².